The molecule has 0 saturated heterocycles. The molecule has 1 N–H and O–H groups in total. The molecule has 0 saturated carbocycles. The van der Waals surface area contributed by atoms with Gasteiger partial charge >= 0.3 is 0 Å². The van der Waals surface area contributed by atoms with Crippen LogP contribution in [-0.4, -0.2) is 54.8 Å². The average Bonchev–Trinajstić information content (AvgIpc) is 2.46. The van der Waals surface area contributed by atoms with Crippen molar-refractivity contribution in [2.75, 3.05) is 33.2 Å². The molecular formula is C16H24ClN3O2. The Bertz CT molecular complexity index is 508. The minimum absolute atomic E-state index is 0.0221. The van der Waals surface area contributed by atoms with E-state index in [2.05, 4.69) is 5.32 Å². The normalized spacial score (nSPS) is 10.6. The molecule has 22 heavy (non-hydrogen) atoms. The van der Waals surface area contributed by atoms with Crippen molar-refractivity contribution in [2.45, 2.75) is 20.4 Å². The van der Waals surface area contributed by atoms with Crippen LogP contribution in [0.15, 0.2) is 24.3 Å². The van der Waals surface area contributed by atoms with Gasteiger partial charge in [0, 0.05) is 25.2 Å². The number of halogens is 1. The number of nitrogens with zero attached hydrogens (tertiary/aromatic N) is 2. The first kappa shape index (κ1) is 18.5. The summed E-state index contributed by atoms with van der Waals surface area (Å²) in [4.78, 5) is 27.3. The molecule has 0 fully saturated rings. The van der Waals surface area contributed by atoms with Crippen LogP contribution in [0.1, 0.15) is 19.4 Å². The molecule has 0 atom stereocenters. The molecule has 1 aromatic rings. The largest absolute Gasteiger partial charge is 0.355 e. The molecule has 0 aromatic heterocycles. The molecule has 122 valence electrons. The van der Waals surface area contributed by atoms with Gasteiger partial charge in [-0.05, 0) is 31.2 Å². The predicted octanol–water partition coefficient (Wildman–Crippen LogP) is 1.76. The summed E-state index contributed by atoms with van der Waals surface area (Å²) in [6.07, 6.45) is 0. The van der Waals surface area contributed by atoms with Crippen molar-refractivity contribution in [1.29, 1.82) is 0 Å². The fourth-order valence-corrected chi connectivity index (χ4v) is 2.26. The van der Waals surface area contributed by atoms with Gasteiger partial charge in [0.2, 0.25) is 11.8 Å². The highest BCUT2D eigenvalue weighted by atomic mass is 35.5. The van der Waals surface area contributed by atoms with Crippen LogP contribution in [0.3, 0.4) is 0 Å². The van der Waals surface area contributed by atoms with E-state index in [9.17, 15) is 9.59 Å². The Kier molecular flexibility index (Phi) is 7.91. The van der Waals surface area contributed by atoms with Gasteiger partial charge in [0.15, 0.2) is 0 Å². The second-order valence-corrected chi connectivity index (χ2v) is 5.57. The van der Waals surface area contributed by atoms with E-state index in [1.165, 1.54) is 0 Å². The summed E-state index contributed by atoms with van der Waals surface area (Å²) in [6.45, 7) is 6.01. The predicted molar refractivity (Wildman–Crippen MR) is 88.7 cm³/mol. The van der Waals surface area contributed by atoms with Crippen molar-refractivity contribution in [3.05, 3.63) is 34.9 Å². The molecule has 5 nitrogen and oxygen atoms in total. The van der Waals surface area contributed by atoms with Crippen LogP contribution in [0.5, 0.6) is 0 Å². The molecular weight excluding hydrogens is 302 g/mol. The lowest BCUT2D eigenvalue weighted by atomic mass is 10.2. The highest BCUT2D eigenvalue weighted by Crippen LogP contribution is 2.12. The van der Waals surface area contributed by atoms with E-state index >= 15 is 0 Å². The molecule has 0 aliphatic heterocycles. The Morgan fingerprint density at radius 1 is 1.23 bits per heavy atom. The van der Waals surface area contributed by atoms with Crippen LogP contribution in [0.25, 0.3) is 0 Å². The maximum absolute atomic E-state index is 12.3. The van der Waals surface area contributed by atoms with Gasteiger partial charge in [0.05, 0.1) is 13.1 Å². The van der Waals surface area contributed by atoms with E-state index in [1.54, 1.807) is 18.0 Å². The van der Waals surface area contributed by atoms with Crippen molar-refractivity contribution in [1.82, 2.24) is 15.1 Å². The van der Waals surface area contributed by atoms with E-state index in [0.717, 1.165) is 5.56 Å². The molecule has 1 rings (SSSR count). The smallest absolute Gasteiger partial charge is 0.236 e. The third-order valence-electron chi connectivity index (χ3n) is 3.28. The average molecular weight is 326 g/mol. The summed E-state index contributed by atoms with van der Waals surface area (Å²) in [7, 11) is 1.75. The number of carbonyl (C=O) groups excluding carboxylic acids is 2. The van der Waals surface area contributed by atoms with E-state index in [0.29, 0.717) is 24.7 Å². The summed E-state index contributed by atoms with van der Waals surface area (Å²) < 4.78 is 0. The Hall–Kier alpha value is -1.59. The first-order chi connectivity index (χ1) is 10.5. The van der Waals surface area contributed by atoms with Gasteiger partial charge in [-0.3, -0.25) is 14.5 Å². The zero-order chi connectivity index (χ0) is 16.5. The van der Waals surface area contributed by atoms with Gasteiger partial charge in [0.1, 0.15) is 0 Å². The van der Waals surface area contributed by atoms with Gasteiger partial charge < -0.3 is 10.2 Å². The van der Waals surface area contributed by atoms with Gasteiger partial charge in [-0.1, -0.05) is 30.7 Å². The highest BCUT2D eigenvalue weighted by Gasteiger charge is 2.16. The molecule has 6 heteroatoms. The zero-order valence-corrected chi connectivity index (χ0v) is 14.2. The van der Waals surface area contributed by atoms with Crippen LogP contribution in [0.4, 0.5) is 0 Å². The SMILES string of the molecule is CCNC(=O)CN(CC)CC(=O)N(C)Cc1cccc(Cl)c1. The maximum atomic E-state index is 12.3. The number of amides is 2. The molecule has 0 radical (unpaired) electrons. The second-order valence-electron chi connectivity index (χ2n) is 5.14. The molecule has 2 amide bonds. The maximum Gasteiger partial charge on any atom is 0.236 e. The molecule has 1 aromatic carbocycles. The third-order valence-corrected chi connectivity index (χ3v) is 3.52. The summed E-state index contributed by atoms with van der Waals surface area (Å²) in [5.41, 5.74) is 0.982. The lowest BCUT2D eigenvalue weighted by molar-refractivity contribution is -0.132. The lowest BCUT2D eigenvalue weighted by Gasteiger charge is -2.23. The summed E-state index contributed by atoms with van der Waals surface area (Å²) in [5, 5.41) is 3.40. The van der Waals surface area contributed by atoms with Crippen LogP contribution in [-0.2, 0) is 16.1 Å². The second kappa shape index (κ2) is 9.43. The molecule has 0 spiro atoms. The number of carbonyl (C=O) groups is 2. The first-order valence-corrected chi connectivity index (χ1v) is 7.81. The lowest BCUT2D eigenvalue weighted by Crippen LogP contribution is -2.43. The fourth-order valence-electron chi connectivity index (χ4n) is 2.05. The molecule has 0 aliphatic carbocycles. The van der Waals surface area contributed by atoms with Crippen molar-refractivity contribution >= 4 is 23.4 Å². The molecule has 0 heterocycles. The van der Waals surface area contributed by atoms with Crippen LogP contribution < -0.4 is 5.32 Å². The Morgan fingerprint density at radius 2 is 1.95 bits per heavy atom. The van der Waals surface area contributed by atoms with Crippen LogP contribution >= 0.6 is 11.6 Å². The fraction of sp³-hybridized carbons (Fsp3) is 0.500. The van der Waals surface area contributed by atoms with E-state index in [1.807, 2.05) is 36.9 Å². The van der Waals surface area contributed by atoms with Crippen LogP contribution in [0.2, 0.25) is 5.02 Å². The van der Waals surface area contributed by atoms with E-state index < -0.39 is 0 Å². The third kappa shape index (κ3) is 6.45. The van der Waals surface area contributed by atoms with Gasteiger partial charge in [-0.15, -0.1) is 0 Å². The van der Waals surface area contributed by atoms with E-state index in [4.69, 9.17) is 11.6 Å². The van der Waals surface area contributed by atoms with Gasteiger partial charge in [-0.25, -0.2) is 0 Å². The number of benzene rings is 1. The number of hydrogen-bond donors (Lipinski definition) is 1. The standard InChI is InChI=1S/C16H24ClN3O2/c1-4-18-15(21)11-20(5-2)12-16(22)19(3)10-13-7-6-8-14(17)9-13/h6-9H,4-5,10-12H2,1-3H3,(H,18,21). The van der Waals surface area contributed by atoms with Crippen molar-refractivity contribution in [2.24, 2.45) is 0 Å². The summed E-state index contributed by atoms with van der Waals surface area (Å²) in [5.74, 6) is -0.0826. The summed E-state index contributed by atoms with van der Waals surface area (Å²) >= 11 is 5.95. The van der Waals surface area contributed by atoms with Crippen molar-refractivity contribution in [3.8, 4) is 0 Å². The quantitative estimate of drug-likeness (QED) is 0.792. The number of likely N-dealkylation sites (N-methyl/N-ethyl adjacent to an activating group) is 3. The van der Waals surface area contributed by atoms with Crippen LogP contribution in [0, 0.1) is 0 Å². The Labute approximate surface area is 137 Å². The minimum Gasteiger partial charge on any atom is -0.355 e. The molecule has 0 aliphatic rings. The monoisotopic (exact) mass is 325 g/mol. The van der Waals surface area contributed by atoms with E-state index in [-0.39, 0.29) is 24.9 Å². The Morgan fingerprint density at radius 3 is 2.55 bits per heavy atom. The topological polar surface area (TPSA) is 52.7 Å². The summed E-state index contributed by atoms with van der Waals surface area (Å²) in [6, 6.07) is 7.45. The number of nitrogens with one attached hydrogen (secondary N) is 1. The van der Waals surface area contributed by atoms with Gasteiger partial charge in [0.25, 0.3) is 0 Å². The molecule has 0 unspecified atom stereocenters. The number of hydrogen-bond acceptors (Lipinski definition) is 3. The highest BCUT2D eigenvalue weighted by molar-refractivity contribution is 6.30. The van der Waals surface area contributed by atoms with Crippen molar-refractivity contribution in [3.63, 3.8) is 0 Å². The zero-order valence-electron chi connectivity index (χ0n) is 13.4. The van der Waals surface area contributed by atoms with Crippen molar-refractivity contribution < 1.29 is 9.59 Å². The Balaban J connectivity index is 2.53. The molecule has 0 bridgehead atoms. The number of rotatable bonds is 8. The first-order valence-electron chi connectivity index (χ1n) is 7.43. The minimum atomic E-state index is -0.0605. The van der Waals surface area contributed by atoms with Gasteiger partial charge in [-0.2, -0.15) is 0 Å².